The second kappa shape index (κ2) is 19.2. The molecule has 0 saturated carbocycles. The first-order valence-corrected chi connectivity index (χ1v) is 24.6. The highest BCUT2D eigenvalue weighted by molar-refractivity contribution is 6.00. The highest BCUT2D eigenvalue weighted by Gasteiger charge is 2.33. The van der Waals surface area contributed by atoms with Crippen LogP contribution in [0.4, 0.5) is 10.1 Å². The molecule has 16 nitrogen and oxygen atoms in total. The van der Waals surface area contributed by atoms with E-state index < -0.39 is 11.9 Å². The van der Waals surface area contributed by atoms with Gasteiger partial charge in [-0.05, 0) is 105 Å². The number of likely N-dealkylation sites (tertiary alicyclic amines) is 1. The molecule has 0 radical (unpaired) electrons. The summed E-state index contributed by atoms with van der Waals surface area (Å²) in [6, 6.07) is 16.0. The van der Waals surface area contributed by atoms with Crippen molar-refractivity contribution in [2.24, 2.45) is 20.0 Å². The quantitative estimate of drug-likeness (QED) is 0.162. The van der Waals surface area contributed by atoms with Gasteiger partial charge < -0.3 is 19.7 Å². The van der Waals surface area contributed by atoms with Crippen LogP contribution in [0.3, 0.4) is 0 Å². The number of nitrogens with zero attached hydrogens (tertiary/aromatic N) is 9. The number of hydrogen-bond acceptors (Lipinski definition) is 10. The van der Waals surface area contributed by atoms with Crippen molar-refractivity contribution < 1.29 is 18.8 Å². The van der Waals surface area contributed by atoms with Crippen molar-refractivity contribution in [1.29, 1.82) is 0 Å². The van der Waals surface area contributed by atoms with Gasteiger partial charge in [-0.25, -0.2) is 14.2 Å². The van der Waals surface area contributed by atoms with Gasteiger partial charge >= 0.3 is 5.69 Å². The van der Waals surface area contributed by atoms with Gasteiger partial charge in [-0.1, -0.05) is 12.1 Å². The molecule has 4 aliphatic heterocycles. The molecule has 3 amide bonds. The largest absolute Gasteiger partial charge is 0.388 e. The summed E-state index contributed by atoms with van der Waals surface area (Å²) in [6.45, 7) is 12.2. The molecule has 2 aromatic carbocycles. The maximum absolute atomic E-state index is 16.1. The summed E-state index contributed by atoms with van der Waals surface area (Å²) in [6.07, 6.45) is 8.63. The third kappa shape index (κ3) is 8.90. The van der Waals surface area contributed by atoms with E-state index in [9.17, 15) is 24.0 Å². The number of imide groups is 1. The number of carbonyl (C=O) groups excluding carboxylic acids is 3. The molecule has 0 aliphatic carbocycles. The lowest BCUT2D eigenvalue weighted by atomic mass is 9.92. The van der Waals surface area contributed by atoms with Crippen LogP contribution in [0.5, 0.6) is 0 Å². The van der Waals surface area contributed by atoms with Gasteiger partial charge in [0, 0.05) is 145 Å². The number of halogens is 1. The predicted octanol–water partition coefficient (Wildman–Crippen LogP) is 5.36. The highest BCUT2D eigenvalue weighted by Crippen LogP contribution is 2.35. The molecular formula is C53H62FN11O5. The number of nitrogens with one attached hydrogen (secondary N) is 2. The molecule has 8 heterocycles. The van der Waals surface area contributed by atoms with Crippen LogP contribution in [0, 0.1) is 18.7 Å². The van der Waals surface area contributed by atoms with E-state index in [1.807, 2.05) is 55.3 Å². The number of piperazine rings is 1. The molecule has 4 aliphatic rings. The SMILES string of the molecule is CNc1ccn(-c2ccnc3c2cc([C@H](C)N2CC=C(c4c(C)cc(C(=O)N5CCC(CN6CCN(Cc7ccc8c(c7)n(C)c(=O)n8[C@H]7CCC(=O)NC7=O)CC6)CC5)cc4F)CC2)n3C)c(=O)c1. The molecular weight excluding hydrogens is 890 g/mol. The zero-order chi connectivity index (χ0) is 49.0. The Hall–Kier alpha value is -6.69. The van der Waals surface area contributed by atoms with Crippen molar-refractivity contribution in [2.75, 3.05) is 71.3 Å². The third-order valence-corrected chi connectivity index (χ3v) is 15.4. The van der Waals surface area contributed by atoms with Gasteiger partial charge in [0.15, 0.2) is 0 Å². The highest BCUT2D eigenvalue weighted by atomic mass is 19.1. The van der Waals surface area contributed by atoms with E-state index in [0.717, 1.165) is 109 Å². The summed E-state index contributed by atoms with van der Waals surface area (Å²) in [5.74, 6) is -0.730. The van der Waals surface area contributed by atoms with Gasteiger partial charge in [0.1, 0.15) is 17.5 Å². The number of anilines is 1. The first-order chi connectivity index (χ1) is 33.8. The van der Waals surface area contributed by atoms with E-state index in [4.69, 9.17) is 0 Å². The zero-order valence-electron chi connectivity index (χ0n) is 40.7. The number of aryl methyl sites for hydroxylation is 3. The Morgan fingerprint density at radius 3 is 2.34 bits per heavy atom. The van der Waals surface area contributed by atoms with E-state index in [0.29, 0.717) is 55.0 Å². The molecule has 2 N–H and O–H groups in total. The molecule has 0 unspecified atom stereocenters. The molecule has 3 fully saturated rings. The number of amides is 3. The van der Waals surface area contributed by atoms with Crippen molar-refractivity contribution in [1.82, 2.24) is 48.2 Å². The van der Waals surface area contributed by atoms with Crippen molar-refractivity contribution in [3.63, 3.8) is 0 Å². The molecule has 10 rings (SSSR count). The molecule has 0 spiro atoms. The van der Waals surface area contributed by atoms with E-state index >= 15 is 4.39 Å². The number of benzene rings is 2. The van der Waals surface area contributed by atoms with E-state index in [1.165, 1.54) is 10.6 Å². The Morgan fingerprint density at radius 2 is 1.64 bits per heavy atom. The summed E-state index contributed by atoms with van der Waals surface area (Å²) >= 11 is 0. The fourth-order valence-corrected chi connectivity index (χ4v) is 11.4. The Labute approximate surface area is 406 Å². The summed E-state index contributed by atoms with van der Waals surface area (Å²) in [5, 5.41) is 6.29. The summed E-state index contributed by atoms with van der Waals surface area (Å²) < 4.78 is 22.9. The van der Waals surface area contributed by atoms with Gasteiger partial charge in [-0.2, -0.15) is 0 Å². The van der Waals surface area contributed by atoms with Crippen LogP contribution >= 0.6 is 0 Å². The maximum Gasteiger partial charge on any atom is 0.329 e. The Morgan fingerprint density at radius 1 is 0.871 bits per heavy atom. The molecule has 4 aromatic heterocycles. The number of piperidine rings is 2. The van der Waals surface area contributed by atoms with Crippen molar-refractivity contribution in [3.05, 3.63) is 128 Å². The number of rotatable bonds is 11. The van der Waals surface area contributed by atoms with Gasteiger partial charge in [-0.3, -0.25) is 48.0 Å². The first kappa shape index (κ1) is 47.0. The van der Waals surface area contributed by atoms with Crippen LogP contribution in [-0.4, -0.2) is 127 Å². The van der Waals surface area contributed by atoms with Gasteiger partial charge in [0.05, 0.1) is 16.7 Å². The van der Waals surface area contributed by atoms with Crippen LogP contribution in [-0.2, 0) is 30.2 Å². The number of hydrogen-bond donors (Lipinski definition) is 2. The fraction of sp³-hybridized carbons (Fsp3) is 0.434. The van der Waals surface area contributed by atoms with Gasteiger partial charge in [-0.15, -0.1) is 0 Å². The van der Waals surface area contributed by atoms with Crippen LogP contribution in [0.15, 0.2) is 82.7 Å². The molecule has 17 heteroatoms. The van der Waals surface area contributed by atoms with Crippen molar-refractivity contribution in [3.8, 4) is 5.69 Å². The average Bonchev–Trinajstić information content (AvgIpc) is 3.83. The van der Waals surface area contributed by atoms with Crippen molar-refractivity contribution in [2.45, 2.75) is 64.6 Å². The lowest BCUT2D eigenvalue weighted by molar-refractivity contribution is -0.135. The molecule has 2 atom stereocenters. The van der Waals surface area contributed by atoms with E-state index in [2.05, 4.69) is 54.0 Å². The maximum atomic E-state index is 16.1. The molecule has 3 saturated heterocycles. The monoisotopic (exact) mass is 951 g/mol. The van der Waals surface area contributed by atoms with Crippen LogP contribution in [0.25, 0.3) is 33.3 Å². The minimum Gasteiger partial charge on any atom is -0.388 e. The minimum absolute atomic E-state index is 0.0315. The second-order valence-electron chi connectivity index (χ2n) is 19.7. The lowest BCUT2D eigenvalue weighted by Gasteiger charge is -2.39. The standard InChI is InChI=1S/C53H62FN11O5/c1-33-26-38(28-41(54)49(33)37-13-19-62(20-14-37)34(2)45-30-40-42(10-16-56-50(40)58(45)4)64-21-15-39(55-3)29-48(64)67)52(69)63-17-11-35(12-18-63)31-60-22-24-61(25-23-60)32-36-6-7-43-46(27-36)59(5)53(70)65(43)44-8-9-47(66)57-51(44)68/h6-7,10,13,15-16,21,26-30,34-35,44,55H,8-9,11-12,14,17-20,22-25,31-32H2,1-5H3,(H,57,66,68)/t34-,44-/m0/s1. The molecule has 366 valence electrons. The number of aromatic nitrogens is 5. The zero-order valence-corrected chi connectivity index (χ0v) is 40.7. The number of fused-ring (bicyclic) bond motifs is 2. The molecule has 70 heavy (non-hydrogen) atoms. The van der Waals surface area contributed by atoms with Gasteiger partial charge in [0.25, 0.3) is 11.5 Å². The second-order valence-corrected chi connectivity index (χ2v) is 19.7. The minimum atomic E-state index is -0.703. The smallest absolute Gasteiger partial charge is 0.329 e. The third-order valence-electron chi connectivity index (χ3n) is 15.4. The van der Waals surface area contributed by atoms with Crippen LogP contribution in [0.2, 0.25) is 0 Å². The predicted molar refractivity (Wildman–Crippen MR) is 269 cm³/mol. The Kier molecular flexibility index (Phi) is 12.9. The van der Waals surface area contributed by atoms with Crippen molar-refractivity contribution >= 4 is 51.0 Å². The van der Waals surface area contributed by atoms with E-state index in [-0.39, 0.29) is 41.3 Å². The Bertz CT molecular complexity index is 3160. The Balaban J connectivity index is 0.710. The number of pyridine rings is 2. The summed E-state index contributed by atoms with van der Waals surface area (Å²) in [4.78, 5) is 78.3. The molecule has 0 bridgehead atoms. The molecule has 6 aromatic rings. The topological polar surface area (TPSA) is 155 Å². The van der Waals surface area contributed by atoms with E-state index in [1.54, 1.807) is 41.7 Å². The average molecular weight is 952 g/mol. The van der Waals surface area contributed by atoms with Crippen LogP contribution in [0.1, 0.15) is 83.9 Å². The normalized spacial score (nSPS) is 19.5. The van der Waals surface area contributed by atoms with Crippen LogP contribution < -0.4 is 21.9 Å². The fourth-order valence-electron chi connectivity index (χ4n) is 11.4. The summed E-state index contributed by atoms with van der Waals surface area (Å²) in [5.41, 5.74) is 8.28. The summed E-state index contributed by atoms with van der Waals surface area (Å²) in [7, 11) is 5.51. The first-order valence-electron chi connectivity index (χ1n) is 24.6. The number of carbonyl (C=O) groups is 3. The number of imidazole rings is 1. The lowest BCUT2D eigenvalue weighted by Crippen LogP contribution is -2.48. The van der Waals surface area contributed by atoms with Gasteiger partial charge in [0.2, 0.25) is 11.8 Å².